The van der Waals surface area contributed by atoms with Crippen molar-refractivity contribution in [1.29, 1.82) is 0 Å². The number of ether oxygens (including phenoxy) is 5. The maximum atomic E-state index is 14.8. The third kappa shape index (κ3) is 9.55. The van der Waals surface area contributed by atoms with E-state index in [0.717, 1.165) is 19.3 Å². The van der Waals surface area contributed by atoms with Crippen LogP contribution in [0.5, 0.6) is 0 Å². The first-order valence-corrected chi connectivity index (χ1v) is 24.9. The molecule has 360 valence electrons. The molecule has 0 saturated carbocycles. The predicted octanol–water partition coefficient (Wildman–Crippen LogP) is 8.03. The lowest BCUT2D eigenvalue weighted by Gasteiger charge is -2.55. The Balaban J connectivity index is 1.25. The molecule has 6 aliphatic rings. The molecule has 1 unspecified atom stereocenters. The summed E-state index contributed by atoms with van der Waals surface area (Å²) in [7, 11) is 0. The first-order valence-electron chi connectivity index (χ1n) is 24.9. The van der Waals surface area contributed by atoms with Crippen molar-refractivity contribution in [3.8, 4) is 0 Å². The van der Waals surface area contributed by atoms with Gasteiger partial charge in [-0.2, -0.15) is 0 Å². The number of aliphatic carboxylic acids is 1. The second-order valence-corrected chi connectivity index (χ2v) is 21.6. The molecule has 0 aromatic rings. The lowest BCUT2D eigenvalue weighted by molar-refractivity contribution is -0.398. The van der Waals surface area contributed by atoms with Gasteiger partial charge in [-0.15, -0.1) is 0 Å². The molecule has 6 heterocycles. The van der Waals surface area contributed by atoms with E-state index >= 15 is 0 Å². The molecule has 18 atom stereocenters. The van der Waals surface area contributed by atoms with Crippen molar-refractivity contribution in [3.63, 3.8) is 0 Å². The zero-order valence-corrected chi connectivity index (χ0v) is 40.7. The number of urea groups is 1. The highest BCUT2D eigenvalue weighted by Crippen LogP contribution is 2.54. The van der Waals surface area contributed by atoms with E-state index < -0.39 is 82.4 Å². The zero-order chi connectivity index (χ0) is 46.4. The summed E-state index contributed by atoms with van der Waals surface area (Å²) in [4.78, 5) is 42.8. The number of carboxylic acid groups (broad SMARTS) is 1. The van der Waals surface area contributed by atoms with Crippen LogP contribution in [0.1, 0.15) is 160 Å². The quantitative estimate of drug-likeness (QED) is 0.132. The number of hydrogen-bond donors (Lipinski definition) is 4. The normalized spacial score (nSPS) is 43.6. The van der Waals surface area contributed by atoms with E-state index in [1.165, 1.54) is 0 Å². The number of Topliss-reactive ketones (excluding diaryl/α,β-unsaturated/α-hetero) is 1. The Labute approximate surface area is 378 Å². The Morgan fingerprint density at radius 2 is 1.52 bits per heavy atom. The number of aliphatic hydroxyl groups is 2. The van der Waals surface area contributed by atoms with Gasteiger partial charge in [-0.1, -0.05) is 68.4 Å². The number of aliphatic hydroxyl groups excluding tert-OH is 1. The van der Waals surface area contributed by atoms with Crippen LogP contribution < -0.4 is 5.32 Å². The van der Waals surface area contributed by atoms with Crippen LogP contribution in [0.4, 0.5) is 4.79 Å². The van der Waals surface area contributed by atoms with E-state index in [2.05, 4.69) is 39.9 Å². The van der Waals surface area contributed by atoms with E-state index in [1.807, 2.05) is 58.6 Å². The molecule has 0 bridgehead atoms. The van der Waals surface area contributed by atoms with Crippen molar-refractivity contribution < 1.29 is 53.4 Å². The van der Waals surface area contributed by atoms with Crippen molar-refractivity contribution in [3.05, 3.63) is 12.2 Å². The number of carbonyl (C=O) groups is 3. The summed E-state index contributed by atoms with van der Waals surface area (Å²) in [5.41, 5.74) is -2.52. The van der Waals surface area contributed by atoms with Crippen LogP contribution in [0.2, 0.25) is 0 Å². The molecule has 0 radical (unpaired) electrons. The van der Waals surface area contributed by atoms with Gasteiger partial charge in [0.25, 0.3) is 0 Å². The molecule has 63 heavy (non-hydrogen) atoms. The minimum atomic E-state index is -1.31. The van der Waals surface area contributed by atoms with Gasteiger partial charge in [0.1, 0.15) is 11.8 Å². The number of hydrogen-bond acceptors (Lipinski definition) is 10. The molecule has 4 N–H and O–H groups in total. The van der Waals surface area contributed by atoms with Crippen LogP contribution >= 0.6 is 0 Å². The standard InChI is InChI=1S/C50H84N2O11/c1-13-36(44(55)56)38-17-16-31(6)47(12,60-38)34(9)41(53)33(8)42(54)37(14-2)43-30(5)28-32(7)49(61-43)23-18-39(51-45(57)52-26-20-29(4)21-27-52)50(63-49)25-24-46(11,62-50)40-19-22-48(58,15-3)35(10)59-40/h18,23,29-41,43,53,58H,13-17,19-22,24-28H2,1-12H3,(H,51,57)(H,55,56)/t30-,31-,32+,33-,34-,35-,36+,37-,38+,39+,40+,41+,43-,46-,47?,48+,49-,50-/m0/s1. The van der Waals surface area contributed by atoms with Crippen LogP contribution in [0.3, 0.4) is 0 Å². The molecular weight excluding hydrogens is 805 g/mol. The highest BCUT2D eigenvalue weighted by Gasteiger charge is 2.64. The van der Waals surface area contributed by atoms with Crippen LogP contribution in [-0.2, 0) is 33.3 Å². The number of ketones is 1. The van der Waals surface area contributed by atoms with Gasteiger partial charge in [0.05, 0.1) is 53.2 Å². The minimum Gasteiger partial charge on any atom is -0.481 e. The summed E-state index contributed by atoms with van der Waals surface area (Å²) < 4.78 is 35.0. The van der Waals surface area contributed by atoms with E-state index in [4.69, 9.17) is 23.7 Å². The summed E-state index contributed by atoms with van der Waals surface area (Å²) in [5, 5.41) is 36.6. The van der Waals surface area contributed by atoms with Crippen molar-refractivity contribution in [1.82, 2.24) is 10.2 Å². The monoisotopic (exact) mass is 889 g/mol. The highest BCUT2D eigenvalue weighted by molar-refractivity contribution is 5.84. The first-order chi connectivity index (χ1) is 29.5. The van der Waals surface area contributed by atoms with Gasteiger partial charge in [0, 0.05) is 43.2 Å². The SMILES string of the molecule is CC[C@@H](C(=O)[C@@H](C)[C@@H](O)[C@H](C)C1(C)O[C@@H]([C@@H](CC)C(=O)O)CC[C@@H]1C)[C@H]1O[C@]2(C=C[C@@H](NC(=O)N3CCC(C)CC3)[C@]3(CC[C@@](C)([C@H]4CC[C@](O)(CC)[C@H](C)O4)O3)O2)[C@H](C)C[C@@H]1C. The van der Waals surface area contributed by atoms with Crippen molar-refractivity contribution >= 4 is 17.8 Å². The molecule has 13 nitrogen and oxygen atoms in total. The number of rotatable bonds is 13. The van der Waals surface area contributed by atoms with Crippen molar-refractivity contribution in [2.75, 3.05) is 13.1 Å². The Morgan fingerprint density at radius 3 is 2.13 bits per heavy atom. The summed E-state index contributed by atoms with van der Waals surface area (Å²) >= 11 is 0. The lowest BCUT2D eigenvalue weighted by atomic mass is 9.68. The van der Waals surface area contributed by atoms with Crippen LogP contribution in [-0.4, -0.2) is 116 Å². The van der Waals surface area contributed by atoms with E-state index in [0.29, 0.717) is 76.8 Å². The maximum absolute atomic E-state index is 14.8. The largest absolute Gasteiger partial charge is 0.481 e. The predicted molar refractivity (Wildman–Crippen MR) is 240 cm³/mol. The third-order valence-electron chi connectivity index (χ3n) is 17.7. The fraction of sp³-hybridized carbons (Fsp3) is 0.900. The lowest BCUT2D eigenvalue weighted by Crippen LogP contribution is -2.66. The molecule has 0 aromatic carbocycles. The summed E-state index contributed by atoms with van der Waals surface area (Å²) in [6, 6.07) is -0.789. The van der Waals surface area contributed by atoms with Crippen LogP contribution in [0.15, 0.2) is 12.2 Å². The number of nitrogens with zero attached hydrogens (tertiary/aromatic N) is 1. The Kier molecular flexibility index (Phi) is 15.4. The molecule has 13 heteroatoms. The highest BCUT2D eigenvalue weighted by atomic mass is 16.8. The molecule has 0 aliphatic carbocycles. The molecule has 6 aliphatic heterocycles. The van der Waals surface area contributed by atoms with Gasteiger partial charge in [0.2, 0.25) is 0 Å². The molecule has 0 aromatic heterocycles. The minimum absolute atomic E-state index is 0.0145. The van der Waals surface area contributed by atoms with E-state index in [9.17, 15) is 29.7 Å². The van der Waals surface area contributed by atoms with Gasteiger partial charge < -0.3 is 49.2 Å². The number of nitrogens with one attached hydrogen (secondary N) is 1. The number of likely N-dealkylation sites (tertiary alicyclic amines) is 1. The van der Waals surface area contributed by atoms with Crippen molar-refractivity contribution in [2.45, 2.75) is 225 Å². The van der Waals surface area contributed by atoms with Crippen LogP contribution in [0, 0.1) is 47.3 Å². The number of amides is 2. The van der Waals surface area contributed by atoms with E-state index in [1.54, 1.807) is 6.92 Å². The molecule has 2 spiro atoms. The molecule has 5 fully saturated rings. The number of piperidine rings is 1. The zero-order valence-electron chi connectivity index (χ0n) is 40.7. The first kappa shape index (κ1) is 50.3. The summed E-state index contributed by atoms with van der Waals surface area (Å²) in [6.07, 6.45) is 8.98. The Morgan fingerprint density at radius 1 is 0.857 bits per heavy atom. The van der Waals surface area contributed by atoms with Gasteiger partial charge in [-0.3, -0.25) is 9.59 Å². The molecule has 5 saturated heterocycles. The summed E-state index contributed by atoms with van der Waals surface area (Å²) in [5.74, 6) is -5.49. The average molecular weight is 889 g/mol. The van der Waals surface area contributed by atoms with Gasteiger partial charge in [0.15, 0.2) is 11.6 Å². The van der Waals surface area contributed by atoms with Gasteiger partial charge in [-0.25, -0.2) is 4.79 Å². The molecule has 6 rings (SSSR count). The molecular formula is C50H84N2O11. The smallest absolute Gasteiger partial charge is 0.318 e. The topological polar surface area (TPSA) is 173 Å². The fourth-order valence-corrected chi connectivity index (χ4v) is 12.3. The van der Waals surface area contributed by atoms with Gasteiger partial charge in [-0.05, 0) is 115 Å². The second-order valence-electron chi connectivity index (χ2n) is 21.6. The van der Waals surface area contributed by atoms with Gasteiger partial charge >= 0.3 is 12.0 Å². The Hall–Kier alpha value is -2.13. The molecule has 2 amide bonds. The number of carbonyl (C=O) groups excluding carboxylic acids is 2. The average Bonchev–Trinajstić information content (AvgIpc) is 3.59. The third-order valence-corrected chi connectivity index (χ3v) is 17.7. The van der Waals surface area contributed by atoms with Crippen molar-refractivity contribution in [2.24, 2.45) is 47.3 Å². The van der Waals surface area contributed by atoms with E-state index in [-0.39, 0.29) is 41.8 Å². The fourth-order valence-electron chi connectivity index (χ4n) is 12.3. The maximum Gasteiger partial charge on any atom is 0.318 e. The van der Waals surface area contributed by atoms with Crippen LogP contribution in [0.25, 0.3) is 0 Å². The summed E-state index contributed by atoms with van der Waals surface area (Å²) in [6.45, 7) is 25.4. The number of carboxylic acids is 1. The Bertz CT molecular complexity index is 1650. The second kappa shape index (κ2) is 19.2.